The van der Waals surface area contributed by atoms with Crippen LogP contribution >= 0.6 is 35.6 Å². The van der Waals surface area contributed by atoms with Crippen molar-refractivity contribution in [2.24, 2.45) is 4.99 Å². The van der Waals surface area contributed by atoms with E-state index in [9.17, 15) is 8.42 Å². The SMILES string of the molecule is CCC(CNC(=NC)NC1CCS(=O)(=O)C1)Oc1ccccc1Cl.I. The fraction of sp³-hybridized carbons (Fsp3) is 0.562. The van der Waals surface area contributed by atoms with E-state index in [-0.39, 0.29) is 47.6 Å². The van der Waals surface area contributed by atoms with Crippen LogP contribution in [0.1, 0.15) is 19.8 Å². The Balaban J connectivity index is 0.00000312. The van der Waals surface area contributed by atoms with Crippen molar-refractivity contribution in [2.45, 2.75) is 31.9 Å². The average molecular weight is 502 g/mol. The fourth-order valence-corrected chi connectivity index (χ4v) is 4.35. The van der Waals surface area contributed by atoms with E-state index in [1.54, 1.807) is 13.1 Å². The number of benzene rings is 1. The van der Waals surface area contributed by atoms with E-state index < -0.39 is 9.84 Å². The summed E-state index contributed by atoms with van der Waals surface area (Å²) in [5, 5.41) is 6.92. The van der Waals surface area contributed by atoms with Crippen LogP contribution in [0, 0.1) is 0 Å². The van der Waals surface area contributed by atoms with Crippen molar-refractivity contribution in [2.75, 3.05) is 25.1 Å². The molecule has 1 aromatic carbocycles. The van der Waals surface area contributed by atoms with E-state index in [1.807, 2.05) is 25.1 Å². The molecule has 1 fully saturated rings. The van der Waals surface area contributed by atoms with Gasteiger partial charge >= 0.3 is 0 Å². The smallest absolute Gasteiger partial charge is 0.191 e. The quantitative estimate of drug-likeness (QED) is 0.356. The van der Waals surface area contributed by atoms with Crippen LogP contribution in [-0.2, 0) is 9.84 Å². The summed E-state index contributed by atoms with van der Waals surface area (Å²) in [5.74, 6) is 1.62. The van der Waals surface area contributed by atoms with Gasteiger partial charge in [-0.3, -0.25) is 4.99 Å². The van der Waals surface area contributed by atoms with Gasteiger partial charge in [-0.15, -0.1) is 24.0 Å². The molecule has 0 amide bonds. The Labute approximate surface area is 171 Å². The molecule has 0 bridgehead atoms. The molecule has 1 aliphatic rings. The molecule has 2 unspecified atom stereocenters. The summed E-state index contributed by atoms with van der Waals surface area (Å²) in [6.45, 7) is 2.57. The van der Waals surface area contributed by atoms with E-state index in [0.29, 0.717) is 29.7 Å². The van der Waals surface area contributed by atoms with Crippen LogP contribution in [-0.4, -0.2) is 51.6 Å². The van der Waals surface area contributed by atoms with Crippen LogP contribution < -0.4 is 15.4 Å². The zero-order valence-electron chi connectivity index (χ0n) is 14.4. The highest BCUT2D eigenvalue weighted by Gasteiger charge is 2.28. The van der Waals surface area contributed by atoms with Gasteiger partial charge in [-0.1, -0.05) is 30.7 Å². The van der Waals surface area contributed by atoms with Gasteiger partial charge in [0.15, 0.2) is 15.8 Å². The molecule has 0 aliphatic carbocycles. The Morgan fingerprint density at radius 1 is 1.44 bits per heavy atom. The second kappa shape index (κ2) is 10.4. The predicted molar refractivity (Wildman–Crippen MR) is 113 cm³/mol. The number of hydrogen-bond donors (Lipinski definition) is 2. The summed E-state index contributed by atoms with van der Waals surface area (Å²) in [5.41, 5.74) is 0. The second-order valence-corrected chi connectivity index (χ2v) is 8.41. The molecule has 6 nitrogen and oxygen atoms in total. The number of rotatable bonds is 6. The molecule has 142 valence electrons. The maximum atomic E-state index is 11.5. The number of ether oxygens (including phenoxy) is 1. The Hall–Kier alpha value is -0.740. The Morgan fingerprint density at radius 2 is 2.16 bits per heavy atom. The maximum Gasteiger partial charge on any atom is 0.191 e. The van der Waals surface area contributed by atoms with Crippen molar-refractivity contribution < 1.29 is 13.2 Å². The van der Waals surface area contributed by atoms with Crippen molar-refractivity contribution in [1.29, 1.82) is 0 Å². The van der Waals surface area contributed by atoms with Crippen molar-refractivity contribution in [3.05, 3.63) is 29.3 Å². The van der Waals surface area contributed by atoms with Crippen molar-refractivity contribution in [1.82, 2.24) is 10.6 Å². The maximum absolute atomic E-state index is 11.5. The number of nitrogens with one attached hydrogen (secondary N) is 2. The van der Waals surface area contributed by atoms with Gasteiger partial charge in [0.1, 0.15) is 11.9 Å². The van der Waals surface area contributed by atoms with Crippen LogP contribution in [0.3, 0.4) is 0 Å². The number of guanidine groups is 1. The van der Waals surface area contributed by atoms with Crippen LogP contribution in [0.25, 0.3) is 0 Å². The zero-order chi connectivity index (χ0) is 17.6. The normalized spacial score (nSPS) is 20.4. The number of sulfone groups is 1. The third-order valence-corrected chi connectivity index (χ3v) is 5.96. The fourth-order valence-electron chi connectivity index (χ4n) is 2.50. The summed E-state index contributed by atoms with van der Waals surface area (Å²) < 4.78 is 29.0. The van der Waals surface area contributed by atoms with Crippen molar-refractivity contribution in [3.63, 3.8) is 0 Å². The van der Waals surface area contributed by atoms with E-state index in [2.05, 4.69) is 15.6 Å². The van der Waals surface area contributed by atoms with Gasteiger partial charge in [-0.2, -0.15) is 0 Å². The molecule has 1 aliphatic heterocycles. The lowest BCUT2D eigenvalue weighted by molar-refractivity contribution is 0.199. The van der Waals surface area contributed by atoms with Crippen LogP contribution in [0.15, 0.2) is 29.3 Å². The van der Waals surface area contributed by atoms with Gasteiger partial charge in [0, 0.05) is 13.1 Å². The lowest BCUT2D eigenvalue weighted by atomic mass is 10.2. The summed E-state index contributed by atoms with van der Waals surface area (Å²) in [7, 11) is -1.25. The Morgan fingerprint density at radius 3 is 2.72 bits per heavy atom. The average Bonchev–Trinajstić information content (AvgIpc) is 2.90. The first-order valence-electron chi connectivity index (χ1n) is 8.02. The minimum atomic E-state index is -2.92. The lowest BCUT2D eigenvalue weighted by Crippen LogP contribution is -2.46. The highest BCUT2D eigenvalue weighted by atomic mass is 127. The van der Waals surface area contributed by atoms with Gasteiger partial charge in [0.2, 0.25) is 0 Å². The second-order valence-electron chi connectivity index (χ2n) is 5.78. The topological polar surface area (TPSA) is 79.8 Å². The summed E-state index contributed by atoms with van der Waals surface area (Å²) in [6.07, 6.45) is 1.33. The van der Waals surface area contributed by atoms with Gasteiger partial charge < -0.3 is 15.4 Å². The monoisotopic (exact) mass is 501 g/mol. The largest absolute Gasteiger partial charge is 0.487 e. The van der Waals surface area contributed by atoms with E-state index >= 15 is 0 Å². The Kier molecular flexibility index (Phi) is 9.29. The first-order chi connectivity index (χ1) is 11.4. The minimum Gasteiger partial charge on any atom is -0.487 e. The molecule has 0 spiro atoms. The molecule has 2 N–H and O–H groups in total. The molecule has 25 heavy (non-hydrogen) atoms. The molecule has 0 saturated carbocycles. The number of nitrogens with zero attached hydrogens (tertiary/aromatic N) is 1. The Bertz CT molecular complexity index is 685. The van der Waals surface area contributed by atoms with Crippen molar-refractivity contribution in [3.8, 4) is 5.75 Å². The molecule has 2 rings (SSSR count). The molecule has 1 heterocycles. The molecule has 2 atom stereocenters. The summed E-state index contributed by atoms with van der Waals surface area (Å²) in [6, 6.07) is 7.27. The zero-order valence-corrected chi connectivity index (χ0v) is 18.3. The van der Waals surface area contributed by atoms with Gasteiger partial charge in [-0.25, -0.2) is 8.42 Å². The van der Waals surface area contributed by atoms with E-state index in [0.717, 1.165) is 6.42 Å². The third-order valence-electron chi connectivity index (χ3n) is 3.88. The molecule has 0 radical (unpaired) electrons. The predicted octanol–water partition coefficient (Wildman–Crippen LogP) is 2.47. The summed E-state index contributed by atoms with van der Waals surface area (Å²) >= 11 is 6.12. The van der Waals surface area contributed by atoms with Crippen LogP contribution in [0.5, 0.6) is 5.75 Å². The third kappa shape index (κ3) is 7.18. The lowest BCUT2D eigenvalue weighted by Gasteiger charge is -2.21. The number of halogens is 2. The minimum absolute atomic E-state index is 0. The highest BCUT2D eigenvalue weighted by Crippen LogP contribution is 2.24. The number of hydrogen-bond acceptors (Lipinski definition) is 4. The van der Waals surface area contributed by atoms with E-state index in [4.69, 9.17) is 16.3 Å². The molecular weight excluding hydrogens is 477 g/mol. The number of aliphatic imine (C=N–C) groups is 1. The first-order valence-corrected chi connectivity index (χ1v) is 10.2. The molecule has 9 heteroatoms. The number of para-hydroxylation sites is 1. The standard InChI is InChI=1S/C16H24ClN3O3S.HI/c1-3-13(23-15-7-5-4-6-14(15)17)10-19-16(18-2)20-12-8-9-24(21,22)11-12;/h4-7,12-13H,3,8-11H2,1-2H3,(H2,18,19,20);1H. The van der Waals surface area contributed by atoms with Crippen LogP contribution in [0.2, 0.25) is 5.02 Å². The molecule has 0 aromatic heterocycles. The molecule has 1 aromatic rings. The van der Waals surface area contributed by atoms with Gasteiger partial charge in [0.25, 0.3) is 0 Å². The van der Waals surface area contributed by atoms with Crippen molar-refractivity contribution >= 4 is 51.4 Å². The van der Waals surface area contributed by atoms with E-state index in [1.165, 1.54) is 0 Å². The first kappa shape index (κ1) is 22.3. The van der Waals surface area contributed by atoms with Gasteiger partial charge in [-0.05, 0) is 25.0 Å². The highest BCUT2D eigenvalue weighted by molar-refractivity contribution is 14.0. The molecular formula is C16H25ClIN3O3S. The molecule has 1 saturated heterocycles. The van der Waals surface area contributed by atoms with Crippen LogP contribution in [0.4, 0.5) is 0 Å². The van der Waals surface area contributed by atoms with Gasteiger partial charge in [0.05, 0.1) is 23.1 Å². The summed E-state index contributed by atoms with van der Waals surface area (Å²) in [4.78, 5) is 4.15.